The summed E-state index contributed by atoms with van der Waals surface area (Å²) in [6.07, 6.45) is 2.40. The van der Waals surface area contributed by atoms with E-state index in [0.717, 1.165) is 21.9 Å². The second-order valence-electron chi connectivity index (χ2n) is 24.0. The van der Waals surface area contributed by atoms with Crippen LogP contribution in [0.15, 0.2) is 132 Å². The minimum atomic E-state index is -0.177. The van der Waals surface area contributed by atoms with Crippen LogP contribution in [-0.4, -0.2) is 11.4 Å². The lowest BCUT2D eigenvalue weighted by Crippen LogP contribution is -2.60. The Morgan fingerprint density at radius 3 is 2.01 bits per heavy atom. The molecule has 0 atom stereocenters. The second-order valence-corrected chi connectivity index (χ2v) is 25.1. The van der Waals surface area contributed by atoms with Gasteiger partial charge in [0.05, 0.1) is 11.0 Å². The summed E-state index contributed by atoms with van der Waals surface area (Å²) in [5.41, 5.74) is 25.0. The van der Waals surface area contributed by atoms with Gasteiger partial charge < -0.3 is 13.8 Å². The average molecular weight is 911 g/mol. The summed E-state index contributed by atoms with van der Waals surface area (Å²) in [6, 6.07) is 50.0. The molecule has 0 radical (unpaired) electrons. The minimum absolute atomic E-state index is 0.0297. The Balaban J connectivity index is 1.10. The molecule has 0 N–H and O–H groups in total. The fraction of sp³-hybridized carbons (Fsp3) is 0.250. The number of hydrogen-bond donors (Lipinski definition) is 0. The molecule has 5 heterocycles. The highest BCUT2D eigenvalue weighted by Gasteiger charge is 2.48. The summed E-state index contributed by atoms with van der Waals surface area (Å²) in [6.45, 7) is 24.1. The van der Waals surface area contributed by atoms with E-state index in [1.54, 1.807) is 0 Å². The van der Waals surface area contributed by atoms with Crippen LogP contribution in [-0.2, 0) is 21.7 Å². The highest BCUT2D eigenvalue weighted by molar-refractivity contribution is 7.26. The van der Waals surface area contributed by atoms with Crippen molar-refractivity contribution in [1.82, 2.24) is 4.57 Å². The third-order valence-electron chi connectivity index (χ3n) is 17.7. The van der Waals surface area contributed by atoms with Gasteiger partial charge in [-0.1, -0.05) is 123 Å². The zero-order valence-corrected chi connectivity index (χ0v) is 42.1. The monoisotopic (exact) mass is 910 g/mol. The molecule has 15 rings (SSSR count). The van der Waals surface area contributed by atoms with Crippen molar-refractivity contribution in [3.8, 4) is 27.9 Å². The van der Waals surface area contributed by atoms with Gasteiger partial charge in [0.25, 0.3) is 0 Å². The fourth-order valence-corrected chi connectivity index (χ4v) is 14.9. The van der Waals surface area contributed by atoms with Gasteiger partial charge in [-0.05, 0) is 164 Å². The van der Waals surface area contributed by atoms with Crippen LogP contribution in [0.4, 0.5) is 11.4 Å². The van der Waals surface area contributed by atoms with Crippen LogP contribution in [0.5, 0.6) is 0 Å². The molecule has 0 saturated carbocycles. The van der Waals surface area contributed by atoms with E-state index in [4.69, 9.17) is 4.42 Å². The molecule has 0 bridgehead atoms. The first kappa shape index (κ1) is 40.3. The van der Waals surface area contributed by atoms with Crippen molar-refractivity contribution in [2.24, 2.45) is 0 Å². The Labute approximate surface area is 408 Å². The summed E-state index contributed by atoms with van der Waals surface area (Å²) in [5.74, 6) is 0. The lowest BCUT2D eigenvalue weighted by molar-refractivity contribution is 0.331. The van der Waals surface area contributed by atoms with E-state index in [0.29, 0.717) is 0 Å². The standard InChI is InChI=1S/C64H55BN2OS/c1-34-25-44-41-27-46-40(39-26-48-49(32-47(39)64(46,9)10)63(7,8)24-23-62(48,5)6)28-52(41)67(36-21-19-35(20-22-36)61(2,3)4)65-50-33-57-43(38-16-12-14-18-56(38)69-57)30-53(50)66-51-29-42-37-15-11-13-17-54(37)68-55(42)31-45(51)58(34)60(66)59(44)65/h11-22,25-33H,23-24H2,1-10H3. The maximum Gasteiger partial charge on any atom is 0.333 e. The maximum absolute atomic E-state index is 6.66. The van der Waals surface area contributed by atoms with Gasteiger partial charge in [0.1, 0.15) is 11.2 Å². The molecule has 8 aromatic carbocycles. The number of nitrogens with zero attached hydrogens (tertiary/aromatic N) is 2. The van der Waals surface area contributed by atoms with Gasteiger partial charge in [0.15, 0.2) is 0 Å². The molecule has 69 heavy (non-hydrogen) atoms. The van der Waals surface area contributed by atoms with Gasteiger partial charge in [-0.2, -0.15) is 0 Å². The zero-order valence-electron chi connectivity index (χ0n) is 41.3. The molecule has 3 aromatic heterocycles. The van der Waals surface area contributed by atoms with Crippen LogP contribution in [0.2, 0.25) is 0 Å². The number of furan rings is 1. The van der Waals surface area contributed by atoms with Gasteiger partial charge in [-0.15, -0.1) is 11.3 Å². The smallest absolute Gasteiger partial charge is 0.333 e. The van der Waals surface area contributed by atoms with Gasteiger partial charge in [-0.25, -0.2) is 0 Å². The zero-order chi connectivity index (χ0) is 47.0. The molecule has 11 aromatic rings. The van der Waals surface area contributed by atoms with Crippen LogP contribution < -0.4 is 15.7 Å². The minimum Gasteiger partial charge on any atom is -0.456 e. The maximum atomic E-state index is 6.66. The van der Waals surface area contributed by atoms with Crippen molar-refractivity contribution < 1.29 is 4.42 Å². The van der Waals surface area contributed by atoms with Crippen LogP contribution in [0, 0.1) is 6.92 Å². The Bertz CT molecular complexity index is 4170. The van der Waals surface area contributed by atoms with E-state index in [1.807, 2.05) is 11.3 Å². The first-order valence-corrected chi connectivity index (χ1v) is 26.0. The molecule has 4 aliphatic rings. The largest absolute Gasteiger partial charge is 0.456 e. The summed E-state index contributed by atoms with van der Waals surface area (Å²) in [5, 5.41) is 7.51. The molecule has 0 fully saturated rings. The Morgan fingerprint density at radius 1 is 0.565 bits per heavy atom. The number of fused-ring (bicyclic) bond motifs is 18. The highest BCUT2D eigenvalue weighted by atomic mass is 32.1. The van der Waals surface area contributed by atoms with Crippen LogP contribution >= 0.6 is 11.3 Å². The third-order valence-corrected chi connectivity index (χ3v) is 18.8. The number of thiophene rings is 1. The highest BCUT2D eigenvalue weighted by Crippen LogP contribution is 2.58. The molecule has 336 valence electrons. The number of para-hydroxylation sites is 1. The Kier molecular flexibility index (Phi) is 7.48. The molecule has 5 heteroatoms. The molecule has 0 unspecified atom stereocenters. The number of rotatable bonds is 1. The second kappa shape index (κ2) is 12.8. The summed E-state index contributed by atoms with van der Waals surface area (Å²) in [4.78, 5) is 2.74. The van der Waals surface area contributed by atoms with Crippen molar-refractivity contribution >= 4 is 104 Å². The van der Waals surface area contributed by atoms with Crippen molar-refractivity contribution in [3.63, 3.8) is 0 Å². The normalized spacial score (nSPS) is 17.0. The van der Waals surface area contributed by atoms with E-state index in [-0.39, 0.29) is 28.5 Å². The van der Waals surface area contributed by atoms with Crippen molar-refractivity contribution in [3.05, 3.63) is 161 Å². The lowest BCUT2D eigenvalue weighted by atomic mass is 9.43. The SMILES string of the molecule is Cc1cc2c3c4c1c1cc5oc6ccccc6c5cc1n4-c1cc4c(cc1B3N(c1ccc(C(C)(C)C)cc1)c1cc3c(cc1-2)C(C)(C)c1cc2c(cc1-3)C(C)(C)CCC2(C)C)sc1ccccc14. The summed E-state index contributed by atoms with van der Waals surface area (Å²) in [7, 11) is 0. The number of aromatic nitrogens is 1. The van der Waals surface area contributed by atoms with Gasteiger partial charge in [0.2, 0.25) is 0 Å². The summed E-state index contributed by atoms with van der Waals surface area (Å²) >= 11 is 1.92. The average Bonchev–Trinajstić information content (AvgIpc) is 4.04. The van der Waals surface area contributed by atoms with Crippen molar-refractivity contribution in [1.29, 1.82) is 0 Å². The molecule has 2 aliphatic carbocycles. The number of anilines is 2. The predicted molar refractivity (Wildman–Crippen MR) is 296 cm³/mol. The lowest BCUT2D eigenvalue weighted by Gasteiger charge is -2.43. The number of hydrogen-bond acceptors (Lipinski definition) is 3. The Hall–Kier alpha value is -6.56. The van der Waals surface area contributed by atoms with Gasteiger partial charge in [0, 0.05) is 69.8 Å². The van der Waals surface area contributed by atoms with Crippen molar-refractivity contribution in [2.45, 2.75) is 104 Å². The summed E-state index contributed by atoms with van der Waals surface area (Å²) < 4.78 is 12.0. The molecular weight excluding hydrogens is 856 g/mol. The van der Waals surface area contributed by atoms with Gasteiger partial charge in [-0.3, -0.25) is 0 Å². The number of benzene rings is 8. The van der Waals surface area contributed by atoms with E-state index < -0.39 is 0 Å². The quantitative estimate of drug-likeness (QED) is 0.153. The molecule has 0 amide bonds. The first-order chi connectivity index (χ1) is 33.0. The molecule has 3 nitrogen and oxygen atoms in total. The van der Waals surface area contributed by atoms with E-state index in [9.17, 15) is 0 Å². The number of aryl methyl sites for hydroxylation is 1. The topological polar surface area (TPSA) is 21.3 Å². The Morgan fingerprint density at radius 2 is 1.25 bits per heavy atom. The third kappa shape index (κ3) is 5.09. The molecule has 0 saturated heterocycles. The van der Waals surface area contributed by atoms with E-state index in [2.05, 4.69) is 206 Å². The van der Waals surface area contributed by atoms with E-state index >= 15 is 0 Å². The van der Waals surface area contributed by atoms with Crippen LogP contribution in [0.1, 0.15) is 109 Å². The van der Waals surface area contributed by atoms with E-state index in [1.165, 1.54) is 138 Å². The molecule has 0 spiro atoms. The molecular formula is C64H55BN2OS. The van der Waals surface area contributed by atoms with Crippen molar-refractivity contribution in [2.75, 3.05) is 4.81 Å². The van der Waals surface area contributed by atoms with Crippen LogP contribution in [0.25, 0.3) is 91.9 Å². The van der Waals surface area contributed by atoms with Gasteiger partial charge >= 0.3 is 6.85 Å². The first-order valence-electron chi connectivity index (χ1n) is 25.1. The predicted octanol–water partition coefficient (Wildman–Crippen LogP) is 16.6. The fourth-order valence-electron chi connectivity index (χ4n) is 13.8. The van der Waals surface area contributed by atoms with Crippen LogP contribution in [0.3, 0.4) is 0 Å². The molecule has 2 aliphatic heterocycles.